The third-order valence-electron chi connectivity index (χ3n) is 4.56. The van der Waals surface area contributed by atoms with Crippen molar-refractivity contribution in [1.82, 2.24) is 0 Å². The van der Waals surface area contributed by atoms with Crippen LogP contribution in [0.2, 0.25) is 0 Å². The molecule has 0 N–H and O–H groups in total. The highest BCUT2D eigenvalue weighted by atomic mass is 31.1. The number of allylic oxidation sites excluding steroid dienone is 4. The monoisotopic (exact) mass is 254 g/mol. The summed E-state index contributed by atoms with van der Waals surface area (Å²) in [5.41, 5.74) is 5.16. The van der Waals surface area contributed by atoms with Crippen LogP contribution in [0.3, 0.4) is 0 Å². The average Bonchev–Trinajstić information content (AvgIpc) is 2.92. The van der Waals surface area contributed by atoms with E-state index in [-0.39, 0.29) is 7.92 Å². The summed E-state index contributed by atoms with van der Waals surface area (Å²) in [5.74, 6) is 0. The van der Waals surface area contributed by atoms with E-state index in [9.17, 15) is 0 Å². The summed E-state index contributed by atoms with van der Waals surface area (Å²) in [7, 11) is 0.00116. The van der Waals surface area contributed by atoms with Gasteiger partial charge in [0.2, 0.25) is 0 Å². The van der Waals surface area contributed by atoms with Crippen molar-refractivity contribution >= 4 is 13.2 Å². The highest BCUT2D eigenvalue weighted by Crippen LogP contribution is 2.63. The molecule has 0 saturated heterocycles. The van der Waals surface area contributed by atoms with Crippen LogP contribution < -0.4 is 5.30 Å². The molecule has 92 valence electrons. The number of hydrogen-bond acceptors (Lipinski definition) is 0. The number of fused-ring (bicyclic) bond motifs is 1. The minimum Gasteiger partial charge on any atom is -0.0728 e. The Balaban J connectivity index is 1.71. The molecule has 0 radical (unpaired) electrons. The van der Waals surface area contributed by atoms with Crippen LogP contribution >= 0.6 is 7.92 Å². The van der Waals surface area contributed by atoms with E-state index in [2.05, 4.69) is 42.5 Å². The zero-order valence-electron chi connectivity index (χ0n) is 10.7. The fraction of sp³-hybridized carbons (Fsp3) is 0.412. The Morgan fingerprint density at radius 1 is 0.833 bits per heavy atom. The normalized spacial score (nSPS) is 33.7. The van der Waals surface area contributed by atoms with Crippen molar-refractivity contribution in [2.24, 2.45) is 0 Å². The van der Waals surface area contributed by atoms with Crippen LogP contribution in [0, 0.1) is 0 Å². The Kier molecular flexibility index (Phi) is 2.66. The van der Waals surface area contributed by atoms with E-state index in [1.807, 2.05) is 0 Å². The highest BCUT2D eigenvalue weighted by Gasteiger charge is 2.43. The second kappa shape index (κ2) is 4.35. The molecule has 2 heterocycles. The van der Waals surface area contributed by atoms with Crippen molar-refractivity contribution in [3.63, 3.8) is 0 Å². The Hall–Kier alpha value is -0.870. The van der Waals surface area contributed by atoms with Gasteiger partial charge in [0.25, 0.3) is 0 Å². The van der Waals surface area contributed by atoms with Crippen LogP contribution in [-0.2, 0) is 0 Å². The molecule has 1 atom stereocenters. The highest BCUT2D eigenvalue weighted by molar-refractivity contribution is 7.68. The molecule has 1 aromatic rings. The molecule has 0 spiro atoms. The fourth-order valence-corrected chi connectivity index (χ4v) is 7.15. The zero-order chi connectivity index (χ0) is 11.9. The molecule has 0 aromatic heterocycles. The molecule has 1 fully saturated rings. The first kappa shape index (κ1) is 11.0. The maximum atomic E-state index is 2.61. The molecule has 0 amide bonds. The quantitative estimate of drug-likeness (QED) is 0.515. The summed E-state index contributed by atoms with van der Waals surface area (Å²) in [5, 5.41) is 1.61. The van der Waals surface area contributed by atoms with Crippen LogP contribution in [0.15, 0.2) is 53.6 Å². The lowest BCUT2D eigenvalue weighted by atomic mass is 9.88. The largest absolute Gasteiger partial charge is 0.0728 e. The minimum atomic E-state index is 0.00116. The second-order valence-electron chi connectivity index (χ2n) is 5.68. The van der Waals surface area contributed by atoms with Gasteiger partial charge in [0.1, 0.15) is 0 Å². The molecule has 18 heavy (non-hydrogen) atoms. The van der Waals surface area contributed by atoms with Gasteiger partial charge in [-0.2, -0.15) is 0 Å². The number of benzene rings is 1. The van der Waals surface area contributed by atoms with Gasteiger partial charge in [-0.1, -0.05) is 68.0 Å². The molecular weight excluding hydrogens is 235 g/mol. The van der Waals surface area contributed by atoms with Crippen LogP contribution in [0.5, 0.6) is 0 Å². The first-order chi connectivity index (χ1) is 8.93. The summed E-state index contributed by atoms with van der Waals surface area (Å²) >= 11 is 0. The van der Waals surface area contributed by atoms with Gasteiger partial charge in [-0.05, 0) is 31.0 Å². The van der Waals surface area contributed by atoms with Gasteiger partial charge < -0.3 is 0 Å². The van der Waals surface area contributed by atoms with Crippen LogP contribution in [-0.4, -0.2) is 11.3 Å². The zero-order valence-corrected chi connectivity index (χ0v) is 11.6. The maximum absolute atomic E-state index is 2.61. The van der Waals surface area contributed by atoms with Gasteiger partial charge in [0.15, 0.2) is 0 Å². The molecule has 3 aliphatic rings. The lowest BCUT2D eigenvalue weighted by Gasteiger charge is -2.25. The predicted molar refractivity (Wildman–Crippen MR) is 79.8 cm³/mol. The van der Waals surface area contributed by atoms with E-state index >= 15 is 0 Å². The third-order valence-corrected chi connectivity index (χ3v) is 7.61. The Morgan fingerprint density at radius 2 is 1.50 bits per heavy atom. The molecule has 2 aliphatic heterocycles. The van der Waals surface area contributed by atoms with Gasteiger partial charge in [-0.15, -0.1) is 0 Å². The van der Waals surface area contributed by atoms with E-state index in [0.717, 1.165) is 11.3 Å². The summed E-state index contributed by atoms with van der Waals surface area (Å²) in [4.78, 5) is 0. The fourth-order valence-electron chi connectivity index (χ4n) is 3.79. The number of rotatable bonds is 1. The summed E-state index contributed by atoms with van der Waals surface area (Å²) < 4.78 is 0. The van der Waals surface area contributed by atoms with Crippen molar-refractivity contribution < 1.29 is 0 Å². The Bertz CT molecular complexity index is 488. The molecule has 1 heteroatoms. The van der Waals surface area contributed by atoms with Crippen molar-refractivity contribution in [2.45, 2.75) is 43.4 Å². The van der Waals surface area contributed by atoms with Gasteiger partial charge in [-0.25, -0.2) is 0 Å². The Labute approximate surface area is 111 Å². The minimum absolute atomic E-state index is 0.00116. The van der Waals surface area contributed by atoms with Gasteiger partial charge in [-0.3, -0.25) is 0 Å². The van der Waals surface area contributed by atoms with Crippen molar-refractivity contribution in [3.05, 3.63) is 53.6 Å². The lowest BCUT2D eigenvalue weighted by Crippen LogP contribution is -2.14. The van der Waals surface area contributed by atoms with Crippen molar-refractivity contribution in [1.29, 1.82) is 0 Å². The third kappa shape index (κ3) is 1.62. The molecule has 1 unspecified atom stereocenters. The predicted octanol–water partition coefficient (Wildman–Crippen LogP) is 4.38. The molecule has 0 nitrogen and oxygen atoms in total. The lowest BCUT2D eigenvalue weighted by molar-refractivity contribution is 0.636. The van der Waals surface area contributed by atoms with Gasteiger partial charge >= 0.3 is 0 Å². The second-order valence-corrected chi connectivity index (χ2v) is 8.12. The first-order valence-corrected chi connectivity index (χ1v) is 8.66. The van der Waals surface area contributed by atoms with Crippen molar-refractivity contribution in [3.8, 4) is 0 Å². The summed E-state index contributed by atoms with van der Waals surface area (Å²) in [6.45, 7) is 0. The SMILES string of the molecule is C1=C2CCCCCC3=CC1P(c1ccccc1)C23. The molecule has 4 rings (SSSR count). The summed E-state index contributed by atoms with van der Waals surface area (Å²) in [6.07, 6.45) is 12.2. The van der Waals surface area contributed by atoms with Crippen molar-refractivity contribution in [2.75, 3.05) is 0 Å². The molecule has 2 bridgehead atoms. The van der Waals surface area contributed by atoms with Gasteiger partial charge in [0, 0.05) is 11.3 Å². The molecule has 1 aromatic carbocycles. The Morgan fingerprint density at radius 3 is 2.17 bits per heavy atom. The van der Waals surface area contributed by atoms with E-state index in [4.69, 9.17) is 0 Å². The van der Waals surface area contributed by atoms with E-state index < -0.39 is 0 Å². The number of hydrogen-bond donors (Lipinski definition) is 0. The van der Waals surface area contributed by atoms with E-state index in [1.165, 1.54) is 32.1 Å². The summed E-state index contributed by atoms with van der Waals surface area (Å²) in [6, 6.07) is 11.3. The average molecular weight is 254 g/mol. The van der Waals surface area contributed by atoms with Crippen LogP contribution in [0.1, 0.15) is 32.1 Å². The molecular formula is C17H19P. The van der Waals surface area contributed by atoms with Crippen LogP contribution in [0.25, 0.3) is 0 Å². The molecule has 1 aliphatic carbocycles. The van der Waals surface area contributed by atoms with Gasteiger partial charge in [0.05, 0.1) is 0 Å². The van der Waals surface area contributed by atoms with E-state index in [0.29, 0.717) is 0 Å². The molecule has 1 saturated carbocycles. The maximum Gasteiger partial charge on any atom is 0.0258 e. The standard InChI is InChI=1S/C17H19P/c1-3-7-13-11-16-12-14(8-4-1)17(13)18(16)15-9-5-2-6-10-15/h2,5-6,9-12,16-17H,1,3-4,7-8H2. The van der Waals surface area contributed by atoms with E-state index in [1.54, 1.807) is 16.5 Å². The smallest absolute Gasteiger partial charge is 0.0258 e. The first-order valence-electron chi connectivity index (χ1n) is 7.18. The topological polar surface area (TPSA) is 0 Å². The van der Waals surface area contributed by atoms with Crippen LogP contribution in [0.4, 0.5) is 0 Å².